The summed E-state index contributed by atoms with van der Waals surface area (Å²) in [6.45, 7) is 0.259. The fraction of sp³-hybridized carbons (Fsp3) is 0.167. The van der Waals surface area contributed by atoms with Gasteiger partial charge in [0.2, 0.25) is 0 Å². The molecule has 0 aliphatic rings. The average molecular weight is 420 g/mol. The minimum Gasteiger partial charge on any atom is -0.497 e. The van der Waals surface area contributed by atoms with Crippen LogP contribution in [0.5, 0.6) is 23.0 Å². The largest absolute Gasteiger partial charge is 0.497 e. The lowest BCUT2D eigenvalue weighted by Crippen LogP contribution is -2.24. The van der Waals surface area contributed by atoms with Crippen LogP contribution in [0.25, 0.3) is 0 Å². The highest BCUT2D eigenvalue weighted by molar-refractivity contribution is 5.83. The first-order chi connectivity index (χ1) is 15.2. The molecule has 0 saturated heterocycles. The van der Waals surface area contributed by atoms with Gasteiger partial charge in [-0.15, -0.1) is 0 Å². The number of nitrogens with zero attached hydrogens (tertiary/aromatic N) is 1. The van der Waals surface area contributed by atoms with E-state index in [0.717, 1.165) is 11.1 Å². The smallest absolute Gasteiger partial charge is 0.277 e. The quantitative estimate of drug-likeness (QED) is 0.399. The summed E-state index contributed by atoms with van der Waals surface area (Å²) in [7, 11) is 3.17. The van der Waals surface area contributed by atoms with Crippen molar-refractivity contribution >= 4 is 12.1 Å². The van der Waals surface area contributed by atoms with E-state index in [4.69, 9.17) is 18.9 Å². The van der Waals surface area contributed by atoms with Crippen molar-refractivity contribution < 1.29 is 23.7 Å². The molecule has 1 amide bonds. The molecule has 0 spiro atoms. The molecule has 0 saturated carbocycles. The maximum atomic E-state index is 11.9. The first kappa shape index (κ1) is 21.7. The van der Waals surface area contributed by atoms with Crippen molar-refractivity contribution in [1.29, 1.82) is 0 Å². The summed E-state index contributed by atoms with van der Waals surface area (Å²) in [5.74, 6) is 2.11. The van der Waals surface area contributed by atoms with E-state index in [-0.39, 0.29) is 12.5 Å². The minimum atomic E-state index is -0.374. The lowest BCUT2D eigenvalue weighted by atomic mass is 10.2. The molecule has 3 aromatic carbocycles. The zero-order valence-electron chi connectivity index (χ0n) is 17.4. The topological polar surface area (TPSA) is 78.4 Å². The minimum absolute atomic E-state index is 0.155. The van der Waals surface area contributed by atoms with Crippen LogP contribution in [0, 0.1) is 0 Å². The highest BCUT2D eigenvalue weighted by atomic mass is 16.5. The van der Waals surface area contributed by atoms with Gasteiger partial charge < -0.3 is 18.9 Å². The molecule has 0 atom stereocenters. The molecule has 0 bridgehead atoms. The number of carbonyl (C=O) groups is 1. The first-order valence-electron chi connectivity index (χ1n) is 9.61. The van der Waals surface area contributed by atoms with Crippen molar-refractivity contribution in [3.63, 3.8) is 0 Å². The molecule has 0 radical (unpaired) electrons. The van der Waals surface area contributed by atoms with Gasteiger partial charge in [0.1, 0.15) is 18.1 Å². The van der Waals surface area contributed by atoms with E-state index in [1.54, 1.807) is 50.6 Å². The van der Waals surface area contributed by atoms with Crippen LogP contribution in [-0.4, -0.2) is 32.9 Å². The second-order valence-electron chi connectivity index (χ2n) is 6.44. The van der Waals surface area contributed by atoms with Crippen molar-refractivity contribution in [2.45, 2.75) is 6.61 Å². The number of benzene rings is 3. The lowest BCUT2D eigenvalue weighted by Gasteiger charge is -2.11. The van der Waals surface area contributed by atoms with Gasteiger partial charge in [0.15, 0.2) is 18.1 Å². The molecule has 3 rings (SSSR count). The number of nitrogens with one attached hydrogen (secondary N) is 1. The standard InChI is InChI=1S/C24H24N2O5/c1-28-20-9-11-21(12-10-20)30-17-24(27)26-25-15-19-8-13-22(29-2)23(14-19)31-16-18-6-4-3-5-7-18/h3-15H,16-17H2,1-2H3,(H,26,27)/b25-15+. The number of hydrogen-bond acceptors (Lipinski definition) is 6. The third-order valence-corrected chi connectivity index (χ3v) is 4.26. The van der Waals surface area contributed by atoms with Gasteiger partial charge in [0.05, 0.1) is 20.4 Å². The first-order valence-corrected chi connectivity index (χ1v) is 9.61. The van der Waals surface area contributed by atoms with Gasteiger partial charge >= 0.3 is 0 Å². The van der Waals surface area contributed by atoms with Gasteiger partial charge in [-0.1, -0.05) is 30.3 Å². The average Bonchev–Trinajstić information content (AvgIpc) is 2.82. The van der Waals surface area contributed by atoms with E-state index in [2.05, 4.69) is 10.5 Å². The van der Waals surface area contributed by atoms with Gasteiger partial charge in [-0.25, -0.2) is 5.43 Å². The van der Waals surface area contributed by atoms with Crippen LogP contribution in [0.4, 0.5) is 0 Å². The van der Waals surface area contributed by atoms with Crippen LogP contribution in [0.3, 0.4) is 0 Å². The van der Waals surface area contributed by atoms with Crippen molar-refractivity contribution in [2.75, 3.05) is 20.8 Å². The summed E-state index contributed by atoms with van der Waals surface area (Å²) in [6.07, 6.45) is 1.53. The number of rotatable bonds is 10. The molecule has 7 heteroatoms. The molecule has 160 valence electrons. The summed E-state index contributed by atoms with van der Waals surface area (Å²) in [6, 6.07) is 22.2. The predicted octanol–water partition coefficient (Wildman–Crippen LogP) is 3.81. The maximum absolute atomic E-state index is 11.9. The SMILES string of the molecule is COc1ccc(OCC(=O)N/N=C/c2ccc(OC)c(OCc3ccccc3)c2)cc1. The Morgan fingerprint density at radius 2 is 1.61 bits per heavy atom. The predicted molar refractivity (Wildman–Crippen MR) is 118 cm³/mol. The van der Waals surface area contributed by atoms with Crippen LogP contribution in [0.1, 0.15) is 11.1 Å². The van der Waals surface area contributed by atoms with Crippen molar-refractivity contribution in [3.8, 4) is 23.0 Å². The Labute approximate surface area is 181 Å². The molecule has 3 aromatic rings. The van der Waals surface area contributed by atoms with Crippen molar-refractivity contribution in [2.24, 2.45) is 5.10 Å². The van der Waals surface area contributed by atoms with Crippen LogP contribution in [-0.2, 0) is 11.4 Å². The Bertz CT molecular complexity index is 1000. The van der Waals surface area contributed by atoms with Crippen molar-refractivity contribution in [1.82, 2.24) is 5.43 Å². The summed E-state index contributed by atoms with van der Waals surface area (Å²) < 4.78 is 21.7. The maximum Gasteiger partial charge on any atom is 0.277 e. The van der Waals surface area contributed by atoms with E-state index < -0.39 is 0 Å². The highest BCUT2D eigenvalue weighted by Crippen LogP contribution is 2.28. The third kappa shape index (κ3) is 6.78. The molecule has 0 aromatic heterocycles. The molecular weight excluding hydrogens is 396 g/mol. The number of carbonyl (C=O) groups excluding carboxylic acids is 1. The Kier molecular flexibility index (Phi) is 7.88. The zero-order chi connectivity index (χ0) is 21.9. The summed E-state index contributed by atoms with van der Waals surface area (Å²) in [5.41, 5.74) is 4.24. The molecule has 7 nitrogen and oxygen atoms in total. The van der Waals surface area contributed by atoms with Gasteiger partial charge in [-0.05, 0) is 53.6 Å². The second kappa shape index (κ2) is 11.3. The van der Waals surface area contributed by atoms with E-state index in [0.29, 0.717) is 29.6 Å². The summed E-state index contributed by atoms with van der Waals surface area (Å²) in [4.78, 5) is 11.9. The van der Waals surface area contributed by atoms with Crippen LogP contribution >= 0.6 is 0 Å². The van der Waals surface area contributed by atoms with E-state index in [1.807, 2.05) is 36.4 Å². The van der Waals surface area contributed by atoms with Gasteiger partial charge in [-0.2, -0.15) is 5.10 Å². The number of hydrogen-bond donors (Lipinski definition) is 1. The van der Waals surface area contributed by atoms with Gasteiger partial charge in [-0.3, -0.25) is 4.79 Å². The number of amides is 1. The van der Waals surface area contributed by atoms with Gasteiger partial charge in [0.25, 0.3) is 5.91 Å². The molecule has 0 heterocycles. The van der Waals surface area contributed by atoms with E-state index in [9.17, 15) is 4.79 Å². The van der Waals surface area contributed by atoms with Crippen LogP contribution in [0.15, 0.2) is 77.9 Å². The van der Waals surface area contributed by atoms with Gasteiger partial charge in [0, 0.05) is 0 Å². The lowest BCUT2D eigenvalue weighted by molar-refractivity contribution is -0.123. The molecule has 31 heavy (non-hydrogen) atoms. The third-order valence-electron chi connectivity index (χ3n) is 4.26. The molecule has 0 aliphatic heterocycles. The fourth-order valence-electron chi connectivity index (χ4n) is 2.65. The second-order valence-corrected chi connectivity index (χ2v) is 6.44. The Balaban J connectivity index is 1.52. The van der Waals surface area contributed by atoms with E-state index in [1.165, 1.54) is 6.21 Å². The Morgan fingerprint density at radius 3 is 2.32 bits per heavy atom. The number of ether oxygens (including phenoxy) is 4. The fourth-order valence-corrected chi connectivity index (χ4v) is 2.65. The Morgan fingerprint density at radius 1 is 0.871 bits per heavy atom. The van der Waals surface area contributed by atoms with Crippen molar-refractivity contribution in [3.05, 3.63) is 83.9 Å². The van der Waals surface area contributed by atoms with Crippen LogP contribution < -0.4 is 24.4 Å². The molecular formula is C24H24N2O5. The normalized spacial score (nSPS) is 10.5. The number of methoxy groups -OCH3 is 2. The molecule has 0 aliphatic carbocycles. The Hall–Kier alpha value is -4.00. The van der Waals surface area contributed by atoms with Crippen LogP contribution in [0.2, 0.25) is 0 Å². The monoisotopic (exact) mass is 420 g/mol. The van der Waals surface area contributed by atoms with E-state index >= 15 is 0 Å². The summed E-state index contributed by atoms with van der Waals surface area (Å²) >= 11 is 0. The highest BCUT2D eigenvalue weighted by Gasteiger charge is 2.06. The zero-order valence-corrected chi connectivity index (χ0v) is 17.4. The summed E-state index contributed by atoms with van der Waals surface area (Å²) in [5, 5.41) is 3.98. The molecule has 0 unspecified atom stereocenters. The molecule has 0 fully saturated rings. The molecule has 1 N–H and O–H groups in total. The number of hydrazone groups is 1.